The highest BCUT2D eigenvalue weighted by atomic mass is 32.1. The van der Waals surface area contributed by atoms with Gasteiger partial charge in [0.1, 0.15) is 6.04 Å². The molecule has 0 aliphatic rings. The van der Waals surface area contributed by atoms with E-state index >= 15 is 0 Å². The van der Waals surface area contributed by atoms with Crippen molar-refractivity contribution in [2.75, 3.05) is 0 Å². The van der Waals surface area contributed by atoms with Crippen molar-refractivity contribution in [3.63, 3.8) is 0 Å². The molecular weight excluding hydrogens is 276 g/mol. The Hall–Kier alpha value is -2.15. The van der Waals surface area contributed by atoms with Gasteiger partial charge in [0.25, 0.3) is 5.91 Å². The van der Waals surface area contributed by atoms with Crippen molar-refractivity contribution >= 4 is 33.4 Å². The molecule has 1 unspecified atom stereocenters. The van der Waals surface area contributed by atoms with Crippen LogP contribution in [0.2, 0.25) is 0 Å². The highest BCUT2D eigenvalue weighted by molar-refractivity contribution is 7.16. The van der Waals surface area contributed by atoms with Crippen LogP contribution in [0.25, 0.3) is 10.2 Å². The largest absolute Gasteiger partial charge is 0.345 e. The molecule has 0 saturated carbocycles. The summed E-state index contributed by atoms with van der Waals surface area (Å²) in [6.07, 6.45) is 0. The summed E-state index contributed by atoms with van der Waals surface area (Å²) < 4.78 is 3.00. The number of hydrogen-bond acceptors (Lipinski definition) is 4. The van der Waals surface area contributed by atoms with Crippen LogP contribution in [0.5, 0.6) is 0 Å². The molecule has 2 amide bonds. The number of benzene rings is 1. The molecule has 1 atom stereocenters. The molecule has 20 heavy (non-hydrogen) atoms. The van der Waals surface area contributed by atoms with Gasteiger partial charge in [-0.15, -0.1) is 5.10 Å². The summed E-state index contributed by atoms with van der Waals surface area (Å²) >= 11 is 1.49. The summed E-state index contributed by atoms with van der Waals surface area (Å²) in [6.45, 7) is 2.98. The van der Waals surface area contributed by atoms with E-state index in [1.54, 1.807) is 6.92 Å². The van der Waals surface area contributed by atoms with Crippen LogP contribution in [0.15, 0.2) is 29.4 Å². The lowest BCUT2D eigenvalue weighted by Gasteiger charge is -2.09. The predicted molar refractivity (Wildman–Crippen MR) is 77.8 cm³/mol. The molecule has 0 bridgehead atoms. The number of thiazole rings is 1. The molecule has 6 nitrogen and oxygen atoms in total. The number of para-hydroxylation sites is 1. The lowest BCUT2D eigenvalue weighted by molar-refractivity contribution is -0.127. The minimum atomic E-state index is -0.615. The van der Waals surface area contributed by atoms with Crippen LogP contribution in [0.3, 0.4) is 0 Å². The standard InChI is InChI=1S/C13H16N4O2S/c1-8(14-9(2)18)12(19)15-16-13-17(3)10-6-4-5-7-11(10)20-13/h4-8H,1-3H3,(H,14,18)(H,15,19)/b16-13-. The van der Waals surface area contributed by atoms with Gasteiger partial charge in [-0.1, -0.05) is 23.5 Å². The van der Waals surface area contributed by atoms with Gasteiger partial charge in [0, 0.05) is 14.0 Å². The first-order valence-corrected chi connectivity index (χ1v) is 6.96. The maximum atomic E-state index is 11.8. The van der Waals surface area contributed by atoms with Gasteiger partial charge in [-0.05, 0) is 19.1 Å². The number of nitrogens with one attached hydrogen (secondary N) is 2. The van der Waals surface area contributed by atoms with Gasteiger partial charge in [-0.25, -0.2) is 5.43 Å². The third-order valence-electron chi connectivity index (χ3n) is 2.79. The summed E-state index contributed by atoms with van der Waals surface area (Å²) in [5.74, 6) is -0.599. The Morgan fingerprint density at radius 3 is 2.70 bits per heavy atom. The first kappa shape index (κ1) is 14.3. The minimum absolute atomic E-state index is 0.250. The molecule has 0 fully saturated rings. The second-order valence-corrected chi connectivity index (χ2v) is 5.43. The number of rotatable bonds is 3. The maximum absolute atomic E-state index is 11.8. The third kappa shape index (κ3) is 3.05. The highest BCUT2D eigenvalue weighted by Gasteiger charge is 2.12. The first-order chi connectivity index (χ1) is 9.49. The number of hydrogen-bond donors (Lipinski definition) is 2. The van der Waals surface area contributed by atoms with Crippen LogP contribution in [-0.4, -0.2) is 22.4 Å². The van der Waals surface area contributed by atoms with Gasteiger partial charge in [0.05, 0.1) is 10.2 Å². The normalized spacial score (nSPS) is 13.2. The average Bonchev–Trinajstić information content (AvgIpc) is 2.72. The Labute approximate surface area is 120 Å². The Morgan fingerprint density at radius 2 is 2.05 bits per heavy atom. The van der Waals surface area contributed by atoms with Gasteiger partial charge in [0.15, 0.2) is 0 Å². The number of amides is 2. The predicted octanol–water partition coefficient (Wildman–Crippen LogP) is 0.696. The summed E-state index contributed by atoms with van der Waals surface area (Å²) in [7, 11) is 1.89. The SMILES string of the molecule is CC(=O)NC(C)C(=O)N/N=c1\sc2ccccc2n1C. The zero-order valence-corrected chi connectivity index (χ0v) is 12.3. The van der Waals surface area contributed by atoms with E-state index in [1.165, 1.54) is 18.3 Å². The summed E-state index contributed by atoms with van der Waals surface area (Å²) in [6, 6.07) is 7.29. The number of nitrogens with zero attached hydrogens (tertiary/aromatic N) is 2. The number of carbonyl (C=O) groups is 2. The Bertz CT molecular complexity index is 716. The van der Waals surface area contributed by atoms with Crippen LogP contribution in [-0.2, 0) is 16.6 Å². The molecule has 0 aliphatic heterocycles. The second-order valence-electron chi connectivity index (χ2n) is 4.42. The molecule has 1 aromatic heterocycles. The smallest absolute Gasteiger partial charge is 0.262 e. The first-order valence-electron chi connectivity index (χ1n) is 6.14. The van der Waals surface area contributed by atoms with Gasteiger partial charge < -0.3 is 9.88 Å². The summed E-state index contributed by atoms with van der Waals surface area (Å²) in [5, 5.41) is 6.61. The van der Waals surface area contributed by atoms with Crippen molar-refractivity contribution in [2.45, 2.75) is 19.9 Å². The Kier molecular flexibility index (Phi) is 4.19. The van der Waals surface area contributed by atoms with Gasteiger partial charge in [0.2, 0.25) is 10.7 Å². The maximum Gasteiger partial charge on any atom is 0.262 e. The van der Waals surface area contributed by atoms with Crippen molar-refractivity contribution < 1.29 is 9.59 Å². The third-order valence-corrected chi connectivity index (χ3v) is 3.90. The fourth-order valence-corrected chi connectivity index (χ4v) is 2.74. The fourth-order valence-electron chi connectivity index (χ4n) is 1.76. The molecule has 2 aromatic rings. The minimum Gasteiger partial charge on any atom is -0.345 e. The molecule has 7 heteroatoms. The second kappa shape index (κ2) is 5.87. The van der Waals surface area contributed by atoms with Crippen LogP contribution < -0.4 is 15.5 Å². The molecule has 1 heterocycles. The molecule has 2 rings (SSSR count). The fraction of sp³-hybridized carbons (Fsp3) is 0.308. The van der Waals surface area contributed by atoms with E-state index in [0.717, 1.165) is 10.2 Å². The molecule has 1 aromatic carbocycles. The van der Waals surface area contributed by atoms with Gasteiger partial charge in [-0.3, -0.25) is 9.59 Å². The van der Waals surface area contributed by atoms with Crippen molar-refractivity contribution in [3.05, 3.63) is 29.1 Å². The van der Waals surface area contributed by atoms with Crippen LogP contribution in [0.1, 0.15) is 13.8 Å². The van der Waals surface area contributed by atoms with E-state index in [9.17, 15) is 9.59 Å². The highest BCUT2D eigenvalue weighted by Crippen LogP contribution is 2.14. The molecule has 2 N–H and O–H groups in total. The Morgan fingerprint density at radius 1 is 1.35 bits per heavy atom. The molecular formula is C13H16N4O2S. The van der Waals surface area contributed by atoms with Crippen molar-refractivity contribution in [2.24, 2.45) is 12.1 Å². The van der Waals surface area contributed by atoms with Gasteiger partial charge in [-0.2, -0.15) is 0 Å². The molecule has 0 saturated heterocycles. The monoisotopic (exact) mass is 292 g/mol. The topological polar surface area (TPSA) is 75.5 Å². The molecule has 0 radical (unpaired) electrons. The van der Waals surface area contributed by atoms with Crippen molar-refractivity contribution in [1.82, 2.24) is 15.3 Å². The van der Waals surface area contributed by atoms with Crippen molar-refractivity contribution in [3.8, 4) is 0 Å². The van der Waals surface area contributed by atoms with Crippen molar-refractivity contribution in [1.29, 1.82) is 0 Å². The summed E-state index contributed by atoms with van der Waals surface area (Å²) in [4.78, 5) is 23.3. The van der Waals surface area contributed by atoms with E-state index in [4.69, 9.17) is 0 Å². The van der Waals surface area contributed by atoms with E-state index in [1.807, 2.05) is 35.9 Å². The van der Waals surface area contributed by atoms with Crippen LogP contribution in [0, 0.1) is 0 Å². The lowest BCUT2D eigenvalue weighted by atomic mass is 10.3. The summed E-state index contributed by atoms with van der Waals surface area (Å²) in [5.41, 5.74) is 3.52. The number of carbonyl (C=O) groups excluding carboxylic acids is 2. The van der Waals surface area contributed by atoms with E-state index in [2.05, 4.69) is 15.8 Å². The van der Waals surface area contributed by atoms with Crippen LogP contribution in [0.4, 0.5) is 0 Å². The quantitative estimate of drug-likeness (QED) is 0.817. The number of aromatic nitrogens is 1. The molecule has 106 valence electrons. The molecule has 0 aliphatic carbocycles. The van der Waals surface area contributed by atoms with E-state index < -0.39 is 6.04 Å². The molecule has 0 spiro atoms. The average molecular weight is 292 g/mol. The van der Waals surface area contributed by atoms with E-state index in [-0.39, 0.29) is 11.8 Å². The zero-order chi connectivity index (χ0) is 14.7. The van der Waals surface area contributed by atoms with E-state index in [0.29, 0.717) is 4.80 Å². The number of aryl methyl sites for hydroxylation is 1. The van der Waals surface area contributed by atoms with Crippen LogP contribution >= 0.6 is 11.3 Å². The lowest BCUT2D eigenvalue weighted by Crippen LogP contribution is -2.43. The number of fused-ring (bicyclic) bond motifs is 1. The Balaban J connectivity index is 2.20. The zero-order valence-electron chi connectivity index (χ0n) is 11.5. The van der Waals surface area contributed by atoms with Gasteiger partial charge >= 0.3 is 0 Å².